The molecule has 1 atom stereocenters. The standard InChI is InChI=1S/C14H17N5O2/c1-9-4-2-3-5-11(9)12(19-14(15)21)6-13(20)18-10-7-16-17-8-10/h2-5,7-8,12H,6H2,1H3,(H,16,17)(H,18,20)(H3,15,19,21). The van der Waals surface area contributed by atoms with Gasteiger partial charge in [0, 0.05) is 6.20 Å². The van der Waals surface area contributed by atoms with Gasteiger partial charge >= 0.3 is 6.03 Å². The van der Waals surface area contributed by atoms with Crippen molar-refractivity contribution in [1.82, 2.24) is 15.5 Å². The minimum absolute atomic E-state index is 0.0823. The Hall–Kier alpha value is -2.83. The Morgan fingerprint density at radius 2 is 2.14 bits per heavy atom. The molecule has 0 aliphatic rings. The second kappa shape index (κ2) is 6.56. The van der Waals surface area contributed by atoms with Crippen LogP contribution in [0.25, 0.3) is 0 Å². The molecule has 2 rings (SSSR count). The maximum Gasteiger partial charge on any atom is 0.312 e. The molecule has 0 bridgehead atoms. The number of aromatic amines is 1. The number of aromatic nitrogens is 2. The minimum Gasteiger partial charge on any atom is -0.352 e. The van der Waals surface area contributed by atoms with Crippen molar-refractivity contribution in [2.45, 2.75) is 19.4 Å². The van der Waals surface area contributed by atoms with E-state index in [4.69, 9.17) is 5.73 Å². The van der Waals surface area contributed by atoms with Gasteiger partial charge in [-0.3, -0.25) is 9.89 Å². The van der Waals surface area contributed by atoms with Crippen molar-refractivity contribution >= 4 is 17.6 Å². The Morgan fingerprint density at radius 3 is 2.76 bits per heavy atom. The Morgan fingerprint density at radius 1 is 1.38 bits per heavy atom. The molecular formula is C14H17N5O2. The van der Waals surface area contributed by atoms with Crippen molar-refractivity contribution in [2.75, 3.05) is 5.32 Å². The van der Waals surface area contributed by atoms with Gasteiger partial charge in [-0.25, -0.2) is 4.79 Å². The number of aryl methyl sites for hydroxylation is 1. The summed E-state index contributed by atoms with van der Waals surface area (Å²) in [4.78, 5) is 23.2. The van der Waals surface area contributed by atoms with Crippen LogP contribution in [0.3, 0.4) is 0 Å². The van der Waals surface area contributed by atoms with Gasteiger partial charge in [0.25, 0.3) is 0 Å². The fourth-order valence-corrected chi connectivity index (χ4v) is 2.10. The van der Waals surface area contributed by atoms with E-state index in [2.05, 4.69) is 20.8 Å². The number of nitrogens with zero attached hydrogens (tertiary/aromatic N) is 1. The highest BCUT2D eigenvalue weighted by Crippen LogP contribution is 2.21. The molecule has 0 saturated carbocycles. The smallest absolute Gasteiger partial charge is 0.312 e. The third-order valence-electron chi connectivity index (χ3n) is 3.05. The molecule has 7 nitrogen and oxygen atoms in total. The van der Waals surface area contributed by atoms with E-state index in [9.17, 15) is 9.59 Å². The molecule has 1 heterocycles. The van der Waals surface area contributed by atoms with Gasteiger partial charge in [0.05, 0.1) is 24.3 Å². The maximum absolute atomic E-state index is 12.0. The van der Waals surface area contributed by atoms with Crippen LogP contribution in [0, 0.1) is 6.92 Å². The van der Waals surface area contributed by atoms with Gasteiger partial charge in [0.15, 0.2) is 0 Å². The van der Waals surface area contributed by atoms with Gasteiger partial charge in [-0.2, -0.15) is 5.10 Å². The topological polar surface area (TPSA) is 113 Å². The lowest BCUT2D eigenvalue weighted by Gasteiger charge is -2.19. The second-order valence-electron chi connectivity index (χ2n) is 4.66. The summed E-state index contributed by atoms with van der Waals surface area (Å²) in [5.41, 5.74) is 7.61. The molecule has 5 N–H and O–H groups in total. The normalized spacial score (nSPS) is 11.7. The molecule has 1 aromatic carbocycles. The number of carbonyl (C=O) groups is 2. The van der Waals surface area contributed by atoms with Crippen LogP contribution in [-0.2, 0) is 4.79 Å². The molecule has 0 fully saturated rings. The third kappa shape index (κ3) is 4.07. The summed E-state index contributed by atoms with van der Waals surface area (Å²) in [5.74, 6) is -0.238. The van der Waals surface area contributed by atoms with E-state index in [1.54, 1.807) is 6.20 Å². The van der Waals surface area contributed by atoms with Crippen molar-refractivity contribution in [2.24, 2.45) is 5.73 Å². The van der Waals surface area contributed by atoms with Crippen LogP contribution < -0.4 is 16.4 Å². The lowest BCUT2D eigenvalue weighted by atomic mass is 9.98. The molecule has 7 heteroatoms. The first-order valence-corrected chi connectivity index (χ1v) is 6.46. The average molecular weight is 287 g/mol. The highest BCUT2D eigenvalue weighted by Gasteiger charge is 2.19. The zero-order valence-corrected chi connectivity index (χ0v) is 11.6. The van der Waals surface area contributed by atoms with Crippen molar-refractivity contribution < 1.29 is 9.59 Å². The number of benzene rings is 1. The van der Waals surface area contributed by atoms with Crippen LogP contribution >= 0.6 is 0 Å². The second-order valence-corrected chi connectivity index (χ2v) is 4.66. The summed E-state index contributed by atoms with van der Waals surface area (Å²) < 4.78 is 0. The van der Waals surface area contributed by atoms with Gasteiger partial charge in [0.1, 0.15) is 0 Å². The quantitative estimate of drug-likeness (QED) is 0.667. The first-order valence-electron chi connectivity index (χ1n) is 6.46. The Labute approximate surface area is 121 Å². The predicted octanol–water partition coefficient (Wildman–Crippen LogP) is 1.46. The Bertz CT molecular complexity index is 624. The highest BCUT2D eigenvalue weighted by molar-refractivity contribution is 5.91. The lowest BCUT2D eigenvalue weighted by Crippen LogP contribution is -2.35. The molecular weight excluding hydrogens is 270 g/mol. The summed E-state index contributed by atoms with van der Waals surface area (Å²) in [6.45, 7) is 1.92. The van der Waals surface area contributed by atoms with E-state index in [0.717, 1.165) is 11.1 Å². The van der Waals surface area contributed by atoms with Gasteiger partial charge in [-0.05, 0) is 18.1 Å². The number of H-pyrrole nitrogens is 1. The number of anilines is 1. The van der Waals surface area contributed by atoms with E-state index < -0.39 is 12.1 Å². The zero-order chi connectivity index (χ0) is 15.2. The fourth-order valence-electron chi connectivity index (χ4n) is 2.10. The van der Waals surface area contributed by atoms with Crippen LogP contribution in [0.5, 0.6) is 0 Å². The molecule has 2 aromatic rings. The van der Waals surface area contributed by atoms with E-state index in [-0.39, 0.29) is 12.3 Å². The predicted molar refractivity (Wildman–Crippen MR) is 78.5 cm³/mol. The van der Waals surface area contributed by atoms with Crippen molar-refractivity contribution in [3.05, 3.63) is 47.8 Å². The lowest BCUT2D eigenvalue weighted by molar-refractivity contribution is -0.116. The summed E-state index contributed by atoms with van der Waals surface area (Å²) in [6.07, 6.45) is 3.16. The minimum atomic E-state index is -0.667. The number of amides is 3. The average Bonchev–Trinajstić information content (AvgIpc) is 2.90. The zero-order valence-electron chi connectivity index (χ0n) is 11.6. The number of urea groups is 1. The van der Waals surface area contributed by atoms with Crippen molar-refractivity contribution in [3.63, 3.8) is 0 Å². The Balaban J connectivity index is 2.11. The molecule has 0 aliphatic heterocycles. The number of hydrogen-bond donors (Lipinski definition) is 4. The molecule has 0 saturated heterocycles. The van der Waals surface area contributed by atoms with Gasteiger partial charge in [-0.15, -0.1) is 0 Å². The fraction of sp³-hybridized carbons (Fsp3) is 0.214. The third-order valence-corrected chi connectivity index (χ3v) is 3.05. The molecule has 0 radical (unpaired) electrons. The molecule has 1 unspecified atom stereocenters. The van der Waals surface area contributed by atoms with Gasteiger partial charge < -0.3 is 16.4 Å². The van der Waals surface area contributed by atoms with Crippen LogP contribution in [-0.4, -0.2) is 22.1 Å². The number of hydrogen-bond acceptors (Lipinski definition) is 3. The largest absolute Gasteiger partial charge is 0.352 e. The highest BCUT2D eigenvalue weighted by atomic mass is 16.2. The van der Waals surface area contributed by atoms with Crippen LogP contribution in [0.4, 0.5) is 10.5 Å². The number of nitrogens with one attached hydrogen (secondary N) is 3. The number of rotatable bonds is 5. The van der Waals surface area contributed by atoms with Crippen LogP contribution in [0.1, 0.15) is 23.6 Å². The van der Waals surface area contributed by atoms with Crippen LogP contribution in [0.2, 0.25) is 0 Å². The molecule has 0 aliphatic carbocycles. The maximum atomic E-state index is 12.0. The summed E-state index contributed by atoms with van der Waals surface area (Å²) >= 11 is 0. The monoisotopic (exact) mass is 287 g/mol. The van der Waals surface area contributed by atoms with Crippen molar-refractivity contribution in [1.29, 1.82) is 0 Å². The van der Waals surface area contributed by atoms with E-state index >= 15 is 0 Å². The first kappa shape index (κ1) is 14.6. The molecule has 1 aromatic heterocycles. The number of nitrogens with two attached hydrogens (primary N) is 1. The van der Waals surface area contributed by atoms with E-state index in [1.807, 2.05) is 31.2 Å². The number of carbonyl (C=O) groups excluding carboxylic acids is 2. The summed E-state index contributed by atoms with van der Waals surface area (Å²) in [6, 6.07) is 6.38. The van der Waals surface area contributed by atoms with E-state index in [0.29, 0.717) is 5.69 Å². The Kier molecular flexibility index (Phi) is 4.55. The molecule has 3 amide bonds. The summed E-state index contributed by atoms with van der Waals surface area (Å²) in [5, 5.41) is 11.6. The van der Waals surface area contributed by atoms with Crippen molar-refractivity contribution in [3.8, 4) is 0 Å². The molecule has 110 valence electrons. The first-order chi connectivity index (χ1) is 10.1. The molecule has 21 heavy (non-hydrogen) atoms. The van der Waals surface area contributed by atoms with Crippen LogP contribution in [0.15, 0.2) is 36.7 Å². The SMILES string of the molecule is Cc1ccccc1C(CC(=O)Nc1cn[nH]c1)NC(N)=O. The molecule has 0 spiro atoms. The van der Waals surface area contributed by atoms with E-state index in [1.165, 1.54) is 6.20 Å². The number of primary amides is 1. The van der Waals surface area contributed by atoms with Gasteiger partial charge in [-0.1, -0.05) is 24.3 Å². The summed E-state index contributed by atoms with van der Waals surface area (Å²) in [7, 11) is 0. The van der Waals surface area contributed by atoms with Gasteiger partial charge in [0.2, 0.25) is 5.91 Å².